The highest BCUT2D eigenvalue weighted by Crippen LogP contribution is 2.34. The summed E-state index contributed by atoms with van der Waals surface area (Å²) in [6, 6.07) is 6.01. The summed E-state index contributed by atoms with van der Waals surface area (Å²) in [5.74, 6) is -1.12. The SMILES string of the molecule is N#Cc1cc(-c2cc(F)cc(C(=O)N3CCN4C[C@H](c5c[nH]c(C(F)(F)F)cc5=O)OC[C@@H]4C3)c2Cl)c[nH]1. The molecule has 2 atom stereocenters. The zero-order chi connectivity index (χ0) is 27.2. The molecule has 3 aromatic rings. The predicted octanol–water partition coefficient (Wildman–Crippen LogP) is 3.95. The van der Waals surface area contributed by atoms with Crippen LogP contribution in [0.2, 0.25) is 5.02 Å². The molecule has 2 aliphatic rings. The summed E-state index contributed by atoms with van der Waals surface area (Å²) in [7, 11) is 0. The molecular weight excluding hydrogens is 530 g/mol. The van der Waals surface area contributed by atoms with Gasteiger partial charge < -0.3 is 19.6 Å². The summed E-state index contributed by atoms with van der Waals surface area (Å²) in [4.78, 5) is 34.1. The largest absolute Gasteiger partial charge is 0.431 e. The molecule has 0 aliphatic carbocycles. The van der Waals surface area contributed by atoms with Gasteiger partial charge in [-0.3, -0.25) is 14.5 Å². The normalized spacial score (nSPS) is 20.2. The minimum Gasteiger partial charge on any atom is -0.370 e. The first kappa shape index (κ1) is 26.0. The molecular formula is C25H20ClF4N5O3. The Morgan fingerprint density at radius 2 is 1.92 bits per heavy atom. The van der Waals surface area contributed by atoms with E-state index in [2.05, 4.69) is 9.97 Å². The fourth-order valence-corrected chi connectivity index (χ4v) is 5.09. The molecule has 2 aromatic heterocycles. The lowest BCUT2D eigenvalue weighted by molar-refractivity contribution is -0.141. The number of nitrogens with zero attached hydrogens (tertiary/aromatic N) is 3. The van der Waals surface area contributed by atoms with Crippen LogP contribution in [0, 0.1) is 17.1 Å². The second kappa shape index (κ2) is 9.90. The number of amides is 1. The monoisotopic (exact) mass is 549 g/mol. The number of hydrogen-bond donors (Lipinski definition) is 2. The van der Waals surface area contributed by atoms with Crippen molar-refractivity contribution in [3.05, 3.63) is 80.2 Å². The van der Waals surface area contributed by atoms with E-state index < -0.39 is 35.1 Å². The van der Waals surface area contributed by atoms with Gasteiger partial charge in [0, 0.05) is 61.3 Å². The number of alkyl halides is 3. The molecule has 2 fully saturated rings. The van der Waals surface area contributed by atoms with Gasteiger partial charge in [-0.05, 0) is 18.2 Å². The zero-order valence-electron chi connectivity index (χ0n) is 19.6. The Labute approximate surface area is 218 Å². The highest BCUT2D eigenvalue weighted by Gasteiger charge is 2.38. The van der Waals surface area contributed by atoms with Crippen molar-refractivity contribution in [3.63, 3.8) is 0 Å². The molecule has 0 spiro atoms. The van der Waals surface area contributed by atoms with E-state index in [-0.39, 0.29) is 59.7 Å². The van der Waals surface area contributed by atoms with E-state index in [0.29, 0.717) is 18.2 Å². The molecule has 0 unspecified atom stereocenters. The fraction of sp³-hybridized carbons (Fsp3) is 0.320. The van der Waals surface area contributed by atoms with Crippen LogP contribution >= 0.6 is 11.6 Å². The quantitative estimate of drug-likeness (QED) is 0.481. The van der Waals surface area contributed by atoms with Crippen LogP contribution in [-0.4, -0.2) is 64.5 Å². The van der Waals surface area contributed by atoms with Crippen LogP contribution in [0.4, 0.5) is 17.6 Å². The van der Waals surface area contributed by atoms with Crippen molar-refractivity contribution < 1.29 is 27.1 Å². The van der Waals surface area contributed by atoms with E-state index in [0.717, 1.165) is 12.3 Å². The first-order chi connectivity index (χ1) is 18.0. The van der Waals surface area contributed by atoms with E-state index in [1.165, 1.54) is 23.2 Å². The lowest BCUT2D eigenvalue weighted by Crippen LogP contribution is -2.59. The third-order valence-corrected chi connectivity index (χ3v) is 7.17. The Morgan fingerprint density at radius 3 is 2.61 bits per heavy atom. The Hall–Kier alpha value is -3.66. The van der Waals surface area contributed by atoms with Crippen LogP contribution in [0.3, 0.4) is 0 Å². The maximum Gasteiger partial charge on any atom is 0.431 e. The van der Waals surface area contributed by atoms with Crippen LogP contribution in [0.25, 0.3) is 11.1 Å². The second-order valence-electron chi connectivity index (χ2n) is 9.11. The summed E-state index contributed by atoms with van der Waals surface area (Å²) in [6.45, 7) is 1.35. The third-order valence-electron chi connectivity index (χ3n) is 6.76. The predicted molar refractivity (Wildman–Crippen MR) is 128 cm³/mol. The fourth-order valence-electron chi connectivity index (χ4n) is 4.79. The van der Waals surface area contributed by atoms with E-state index in [4.69, 9.17) is 21.6 Å². The molecule has 1 amide bonds. The van der Waals surface area contributed by atoms with Crippen molar-refractivity contribution in [1.82, 2.24) is 19.8 Å². The van der Waals surface area contributed by atoms with E-state index in [9.17, 15) is 27.2 Å². The minimum absolute atomic E-state index is 0.0132. The second-order valence-corrected chi connectivity index (χ2v) is 9.49. The van der Waals surface area contributed by atoms with E-state index in [1.807, 2.05) is 11.0 Å². The molecule has 2 N–H and O–H groups in total. The molecule has 1 aromatic carbocycles. The number of H-pyrrole nitrogens is 2. The Kier molecular flexibility index (Phi) is 6.77. The number of pyridine rings is 1. The maximum absolute atomic E-state index is 14.5. The van der Waals surface area contributed by atoms with Crippen molar-refractivity contribution >= 4 is 17.5 Å². The summed E-state index contributed by atoms with van der Waals surface area (Å²) < 4.78 is 58.9. The number of rotatable bonds is 3. The number of aromatic amines is 2. The minimum atomic E-state index is -4.66. The molecule has 4 heterocycles. The van der Waals surface area contributed by atoms with Gasteiger partial charge in [0.25, 0.3) is 5.91 Å². The van der Waals surface area contributed by atoms with Gasteiger partial charge in [0.2, 0.25) is 0 Å². The molecule has 0 saturated carbocycles. The van der Waals surface area contributed by atoms with Gasteiger partial charge in [0.15, 0.2) is 5.43 Å². The maximum atomic E-state index is 14.5. The average molecular weight is 550 g/mol. The van der Waals surface area contributed by atoms with Crippen LogP contribution in [0.5, 0.6) is 0 Å². The van der Waals surface area contributed by atoms with Gasteiger partial charge in [-0.2, -0.15) is 18.4 Å². The van der Waals surface area contributed by atoms with Gasteiger partial charge >= 0.3 is 6.18 Å². The summed E-state index contributed by atoms with van der Waals surface area (Å²) in [6.07, 6.45) is -2.85. The van der Waals surface area contributed by atoms with Crippen LogP contribution < -0.4 is 5.43 Å². The van der Waals surface area contributed by atoms with E-state index in [1.54, 1.807) is 0 Å². The zero-order valence-corrected chi connectivity index (χ0v) is 20.4. The van der Waals surface area contributed by atoms with Crippen molar-refractivity contribution in [3.8, 4) is 17.2 Å². The molecule has 38 heavy (non-hydrogen) atoms. The van der Waals surface area contributed by atoms with Gasteiger partial charge in [-0.1, -0.05) is 11.6 Å². The summed E-state index contributed by atoms with van der Waals surface area (Å²) >= 11 is 6.51. The van der Waals surface area contributed by atoms with Crippen molar-refractivity contribution in [1.29, 1.82) is 5.26 Å². The van der Waals surface area contributed by atoms with Crippen LogP contribution in [0.15, 0.2) is 41.5 Å². The van der Waals surface area contributed by atoms with Gasteiger partial charge in [0.05, 0.1) is 23.2 Å². The van der Waals surface area contributed by atoms with E-state index >= 15 is 0 Å². The number of ether oxygens (including phenoxy) is 1. The number of morpholine rings is 1. The number of piperazine rings is 1. The molecule has 5 rings (SSSR count). The van der Waals surface area contributed by atoms with Crippen molar-refractivity contribution in [2.24, 2.45) is 0 Å². The lowest BCUT2D eigenvalue weighted by atomic mass is 10.0. The van der Waals surface area contributed by atoms with Crippen molar-refractivity contribution in [2.45, 2.75) is 18.3 Å². The third kappa shape index (κ3) is 4.92. The van der Waals surface area contributed by atoms with Crippen molar-refractivity contribution in [2.75, 3.05) is 32.8 Å². The number of halogens is 5. The average Bonchev–Trinajstić information content (AvgIpc) is 3.37. The number of aromatic nitrogens is 2. The summed E-state index contributed by atoms with van der Waals surface area (Å²) in [5.41, 5.74) is -0.813. The number of benzene rings is 1. The Balaban J connectivity index is 1.30. The Morgan fingerprint density at radius 1 is 1.13 bits per heavy atom. The molecule has 8 nitrogen and oxygen atoms in total. The molecule has 2 saturated heterocycles. The number of carbonyl (C=O) groups is 1. The lowest BCUT2D eigenvalue weighted by Gasteiger charge is -2.46. The first-order valence-electron chi connectivity index (χ1n) is 11.6. The highest BCUT2D eigenvalue weighted by atomic mass is 35.5. The number of nitrogens with one attached hydrogen (secondary N) is 2. The van der Waals surface area contributed by atoms with Crippen LogP contribution in [-0.2, 0) is 10.9 Å². The summed E-state index contributed by atoms with van der Waals surface area (Å²) in [5, 5.41) is 9.10. The molecule has 13 heteroatoms. The molecule has 0 radical (unpaired) electrons. The van der Waals surface area contributed by atoms with Gasteiger partial charge in [-0.15, -0.1) is 0 Å². The van der Waals surface area contributed by atoms with Gasteiger partial charge in [-0.25, -0.2) is 4.39 Å². The molecule has 2 aliphatic heterocycles. The topological polar surface area (TPSA) is 105 Å². The number of carbonyl (C=O) groups excluding carboxylic acids is 1. The number of hydrogen-bond acceptors (Lipinski definition) is 5. The molecule has 0 bridgehead atoms. The molecule has 198 valence electrons. The standard InChI is InChI=1S/C25H20ClF4N5O3/c26-23-17(13-3-15(7-31)32-8-13)4-14(27)5-18(23)24(37)35-2-1-34-11-21(38-12-16(34)10-35)19-9-33-22(6-20(19)36)25(28,29)30/h3-6,8-9,16,21,32H,1-2,10-12H2,(H,33,36)/t16-,21+/m0/s1. The Bertz CT molecular complexity index is 1500. The van der Waals surface area contributed by atoms with Crippen LogP contribution in [0.1, 0.15) is 33.4 Å². The number of nitriles is 1. The smallest absolute Gasteiger partial charge is 0.370 e. The first-order valence-corrected chi connectivity index (χ1v) is 12.0. The number of fused-ring (bicyclic) bond motifs is 1. The highest BCUT2D eigenvalue weighted by molar-refractivity contribution is 6.36. The van der Waals surface area contributed by atoms with Gasteiger partial charge in [0.1, 0.15) is 29.4 Å².